The minimum atomic E-state index is 0.553. The van der Waals surface area contributed by atoms with Gasteiger partial charge in [-0.15, -0.1) is 6.58 Å². The molecule has 2 heteroatoms. The van der Waals surface area contributed by atoms with E-state index in [1.165, 1.54) is 88.3 Å². The maximum atomic E-state index is 4.48. The predicted octanol–water partition coefficient (Wildman–Crippen LogP) is 8.36. The molecule has 4 aliphatic rings. The van der Waals surface area contributed by atoms with Crippen molar-refractivity contribution in [2.45, 2.75) is 112 Å². The van der Waals surface area contributed by atoms with Crippen molar-refractivity contribution in [3.63, 3.8) is 0 Å². The molecule has 9 unspecified atom stereocenters. The summed E-state index contributed by atoms with van der Waals surface area (Å²) in [5.41, 5.74) is 3.84. The van der Waals surface area contributed by atoms with Crippen LogP contribution in [0, 0.1) is 52.3 Å². The van der Waals surface area contributed by atoms with E-state index >= 15 is 0 Å². The molecule has 0 bridgehead atoms. The van der Waals surface area contributed by atoms with Gasteiger partial charge in [0, 0.05) is 18.8 Å². The molecule has 0 saturated heterocycles. The summed E-state index contributed by atoms with van der Waals surface area (Å²) in [6, 6.07) is 0. The second-order valence-corrected chi connectivity index (χ2v) is 14.2. The summed E-state index contributed by atoms with van der Waals surface area (Å²) in [5, 5.41) is 7.23. The second kappa shape index (κ2) is 11.3. The zero-order chi connectivity index (χ0) is 25.2. The van der Waals surface area contributed by atoms with Crippen molar-refractivity contribution in [3.8, 4) is 0 Å². The molecule has 0 amide bonds. The molecule has 35 heavy (non-hydrogen) atoms. The van der Waals surface area contributed by atoms with Crippen molar-refractivity contribution in [3.05, 3.63) is 24.4 Å². The van der Waals surface area contributed by atoms with Gasteiger partial charge in [0.1, 0.15) is 0 Å². The smallest absolute Gasteiger partial charge is 0.0269 e. The highest BCUT2D eigenvalue weighted by atomic mass is 14.9. The van der Waals surface area contributed by atoms with Gasteiger partial charge in [-0.1, -0.05) is 46.3 Å². The number of unbranched alkanes of at least 4 members (excludes halogenated alkanes) is 1. The first-order chi connectivity index (χ1) is 16.7. The third-order valence-electron chi connectivity index (χ3n) is 11.8. The first kappa shape index (κ1) is 27.3. The zero-order valence-electron chi connectivity index (χ0n) is 24.1. The number of hydrogen-bond donors (Lipinski definition) is 2. The predicted molar refractivity (Wildman–Crippen MR) is 152 cm³/mol. The quantitative estimate of drug-likeness (QED) is 0.228. The van der Waals surface area contributed by atoms with E-state index in [4.69, 9.17) is 0 Å². The van der Waals surface area contributed by atoms with Crippen LogP contribution < -0.4 is 10.6 Å². The van der Waals surface area contributed by atoms with E-state index in [-0.39, 0.29) is 0 Å². The minimum absolute atomic E-state index is 0.553. The number of rotatable bonds is 11. The van der Waals surface area contributed by atoms with Crippen molar-refractivity contribution in [1.82, 2.24) is 10.6 Å². The van der Waals surface area contributed by atoms with Crippen LogP contribution >= 0.6 is 0 Å². The van der Waals surface area contributed by atoms with Crippen LogP contribution in [0.5, 0.6) is 0 Å². The number of nitrogens with one attached hydrogen (secondary N) is 2. The Hall–Kier alpha value is -0.760. The fraction of sp³-hybridized carbons (Fsp3) is 0.879. The Balaban J connectivity index is 1.36. The Bertz CT molecular complexity index is 741. The Kier molecular flexibility index (Phi) is 8.82. The van der Waals surface area contributed by atoms with Crippen LogP contribution in [0.2, 0.25) is 0 Å². The molecule has 0 heterocycles. The average molecular weight is 483 g/mol. The number of hydrogen-bond acceptors (Lipinski definition) is 2. The normalized spacial score (nSPS) is 42.6. The Morgan fingerprint density at radius 2 is 1.60 bits per heavy atom. The highest BCUT2D eigenvalue weighted by Gasteiger charge is 2.62. The zero-order valence-corrected chi connectivity index (χ0v) is 24.1. The topological polar surface area (TPSA) is 24.1 Å². The van der Waals surface area contributed by atoms with E-state index in [1.807, 2.05) is 0 Å². The van der Waals surface area contributed by atoms with E-state index in [9.17, 15) is 0 Å². The van der Waals surface area contributed by atoms with Crippen molar-refractivity contribution in [2.75, 3.05) is 19.6 Å². The fourth-order valence-electron chi connectivity index (χ4n) is 10.2. The van der Waals surface area contributed by atoms with E-state index in [2.05, 4.69) is 58.4 Å². The second-order valence-electron chi connectivity index (χ2n) is 14.2. The lowest BCUT2D eigenvalue weighted by molar-refractivity contribution is -0.128. The summed E-state index contributed by atoms with van der Waals surface area (Å²) < 4.78 is 0. The van der Waals surface area contributed by atoms with Gasteiger partial charge in [0.25, 0.3) is 0 Å². The maximum absolute atomic E-state index is 4.48. The van der Waals surface area contributed by atoms with E-state index in [0.29, 0.717) is 10.8 Å². The lowest BCUT2D eigenvalue weighted by Crippen LogP contribution is -2.54. The molecule has 4 fully saturated rings. The molecule has 4 aliphatic carbocycles. The molecule has 0 aromatic carbocycles. The summed E-state index contributed by atoms with van der Waals surface area (Å²) in [6.45, 7) is 24.4. The van der Waals surface area contributed by atoms with Crippen molar-refractivity contribution < 1.29 is 0 Å². The van der Waals surface area contributed by atoms with Crippen LogP contribution in [0.15, 0.2) is 24.4 Å². The third-order valence-corrected chi connectivity index (χ3v) is 11.8. The third kappa shape index (κ3) is 5.58. The van der Waals surface area contributed by atoms with Gasteiger partial charge in [-0.2, -0.15) is 0 Å². The summed E-state index contributed by atoms with van der Waals surface area (Å²) in [6.07, 6.45) is 16.8. The standard InChI is InChI=1S/C33H58N2/c1-8-9-16-34-17-18-35-25(5)20-28-24(4)22-33(7)29(28)12-13-30-31(33)11-10-27-21-26(19-23(2)3)14-15-32(27,30)6/h24,26-31,34-35H,2,5,8-22H2,1,3-4,6-7H3. The van der Waals surface area contributed by atoms with Gasteiger partial charge in [-0.3, -0.25) is 0 Å². The first-order valence-electron chi connectivity index (χ1n) is 15.5. The molecule has 200 valence electrons. The van der Waals surface area contributed by atoms with Crippen LogP contribution in [0.1, 0.15) is 112 Å². The molecule has 9 atom stereocenters. The summed E-state index contributed by atoms with van der Waals surface area (Å²) in [4.78, 5) is 0. The summed E-state index contributed by atoms with van der Waals surface area (Å²) in [7, 11) is 0. The van der Waals surface area contributed by atoms with Gasteiger partial charge in [-0.05, 0) is 136 Å². The number of allylic oxidation sites excluding steroid dienone is 2. The van der Waals surface area contributed by atoms with Crippen molar-refractivity contribution >= 4 is 0 Å². The van der Waals surface area contributed by atoms with Crippen LogP contribution in [-0.4, -0.2) is 19.6 Å². The van der Waals surface area contributed by atoms with Gasteiger partial charge >= 0.3 is 0 Å². The van der Waals surface area contributed by atoms with Gasteiger partial charge in [0.15, 0.2) is 0 Å². The molecule has 0 spiro atoms. The minimum Gasteiger partial charge on any atom is -0.388 e. The Morgan fingerprint density at radius 1 is 0.886 bits per heavy atom. The molecule has 0 aromatic heterocycles. The molecule has 4 saturated carbocycles. The van der Waals surface area contributed by atoms with Crippen LogP contribution in [0.4, 0.5) is 0 Å². The Labute approximate surface area is 218 Å². The average Bonchev–Trinajstić information content (AvgIpc) is 3.05. The molecule has 2 nitrogen and oxygen atoms in total. The van der Waals surface area contributed by atoms with Gasteiger partial charge < -0.3 is 10.6 Å². The van der Waals surface area contributed by atoms with Crippen LogP contribution in [-0.2, 0) is 0 Å². The first-order valence-corrected chi connectivity index (χ1v) is 15.5. The van der Waals surface area contributed by atoms with Crippen LogP contribution in [0.25, 0.3) is 0 Å². The van der Waals surface area contributed by atoms with Crippen molar-refractivity contribution in [1.29, 1.82) is 0 Å². The molecule has 0 radical (unpaired) electrons. The van der Waals surface area contributed by atoms with Crippen molar-refractivity contribution in [2.24, 2.45) is 52.3 Å². The largest absolute Gasteiger partial charge is 0.388 e. The monoisotopic (exact) mass is 482 g/mol. The SMILES string of the molecule is C=C(C)CC1CCC2(C)C(CCC3C2CCC2C(CC(=C)NCCNCCCC)C(C)CC23C)C1. The fourth-order valence-corrected chi connectivity index (χ4v) is 10.2. The number of fused-ring (bicyclic) bond motifs is 5. The summed E-state index contributed by atoms with van der Waals surface area (Å²) in [5.74, 6) is 6.36. The maximum Gasteiger partial charge on any atom is 0.0269 e. The molecule has 0 aliphatic heterocycles. The molecule has 2 N–H and O–H groups in total. The molecule has 4 rings (SSSR count). The van der Waals surface area contributed by atoms with E-state index < -0.39 is 0 Å². The highest BCUT2D eigenvalue weighted by molar-refractivity contribution is 5.13. The molecular weight excluding hydrogens is 424 g/mol. The lowest BCUT2D eigenvalue weighted by atomic mass is 9.43. The van der Waals surface area contributed by atoms with Gasteiger partial charge in [-0.25, -0.2) is 0 Å². The van der Waals surface area contributed by atoms with Crippen LogP contribution in [0.3, 0.4) is 0 Å². The highest BCUT2D eigenvalue weighted by Crippen LogP contribution is 2.70. The van der Waals surface area contributed by atoms with Gasteiger partial charge in [0.2, 0.25) is 0 Å². The van der Waals surface area contributed by atoms with E-state index in [0.717, 1.165) is 61.1 Å². The molecule has 0 aromatic rings. The summed E-state index contributed by atoms with van der Waals surface area (Å²) >= 11 is 0. The lowest BCUT2D eigenvalue weighted by Gasteiger charge is -2.62. The van der Waals surface area contributed by atoms with E-state index in [1.54, 1.807) is 0 Å². The molecular formula is C33H58N2. The Morgan fingerprint density at radius 3 is 2.34 bits per heavy atom. The van der Waals surface area contributed by atoms with Gasteiger partial charge in [0.05, 0.1) is 0 Å².